The summed E-state index contributed by atoms with van der Waals surface area (Å²) >= 11 is 6.06. The molecule has 0 spiro atoms. The van der Waals surface area contributed by atoms with Gasteiger partial charge in [-0.2, -0.15) is 13.2 Å². The number of alkyl halides is 3. The monoisotopic (exact) mass is 502 g/mol. The second kappa shape index (κ2) is 8.96. The first-order valence-corrected chi connectivity index (χ1v) is 11.5. The number of nitrogens with zero attached hydrogens (tertiary/aromatic N) is 5. The van der Waals surface area contributed by atoms with Crippen LogP contribution in [0.2, 0.25) is 5.02 Å². The molecule has 35 heavy (non-hydrogen) atoms. The molecule has 0 radical (unpaired) electrons. The van der Waals surface area contributed by atoms with Crippen molar-refractivity contribution in [3.63, 3.8) is 0 Å². The number of carbonyl (C=O) groups excluding carboxylic acids is 1. The Morgan fingerprint density at radius 1 is 1.29 bits per heavy atom. The van der Waals surface area contributed by atoms with Gasteiger partial charge in [0, 0.05) is 18.4 Å². The molecule has 2 saturated heterocycles. The van der Waals surface area contributed by atoms with Crippen LogP contribution in [0.1, 0.15) is 41.0 Å². The van der Waals surface area contributed by atoms with Gasteiger partial charge in [0.25, 0.3) is 5.91 Å². The van der Waals surface area contributed by atoms with Crippen molar-refractivity contribution in [2.45, 2.75) is 44.5 Å². The molecule has 3 fully saturated rings. The van der Waals surface area contributed by atoms with Gasteiger partial charge in [-0.3, -0.25) is 4.79 Å². The van der Waals surface area contributed by atoms with Gasteiger partial charge in [-0.05, 0) is 55.3 Å². The molecule has 3 atom stereocenters. The van der Waals surface area contributed by atoms with Crippen LogP contribution in [0.3, 0.4) is 0 Å². The Labute approximate surface area is 204 Å². The quantitative estimate of drug-likeness (QED) is 0.536. The first-order chi connectivity index (χ1) is 16.7. The van der Waals surface area contributed by atoms with Crippen LogP contribution in [0.15, 0.2) is 36.7 Å². The highest BCUT2D eigenvalue weighted by Gasteiger charge is 2.46. The van der Waals surface area contributed by atoms with Gasteiger partial charge in [0.15, 0.2) is 12.4 Å². The van der Waals surface area contributed by atoms with Gasteiger partial charge < -0.3 is 9.64 Å². The SMILES string of the molecule is Cc1ccc(-c2nccc#[n+]2)c(C(=O)N2CC3CCC2C(Oc2ncc(C(F)(F)F)cc2Cl)C3)n1. The molecule has 1 saturated carbocycles. The molecule has 5 heterocycles. The minimum absolute atomic E-state index is 0.0767. The zero-order valence-corrected chi connectivity index (χ0v) is 19.3. The molecule has 0 N–H and O–H groups in total. The minimum atomic E-state index is -4.55. The van der Waals surface area contributed by atoms with E-state index in [2.05, 4.69) is 26.1 Å². The van der Waals surface area contributed by atoms with E-state index >= 15 is 0 Å². The Morgan fingerprint density at radius 2 is 2.11 bits per heavy atom. The average Bonchev–Trinajstić information content (AvgIpc) is 2.85. The fraction of sp³-hybridized carbons (Fsp3) is 0.375. The van der Waals surface area contributed by atoms with Crippen molar-refractivity contribution in [2.24, 2.45) is 5.92 Å². The predicted octanol–water partition coefficient (Wildman–Crippen LogP) is 3.99. The Morgan fingerprint density at radius 3 is 2.80 bits per heavy atom. The lowest BCUT2D eigenvalue weighted by Crippen LogP contribution is -2.59. The number of hydrogen-bond donors (Lipinski definition) is 0. The molecular formula is C24H20ClF3N5O2+. The number of piperidine rings is 2. The van der Waals surface area contributed by atoms with Crippen LogP contribution in [-0.2, 0) is 6.18 Å². The second-order valence-electron chi connectivity index (χ2n) is 8.73. The van der Waals surface area contributed by atoms with E-state index in [9.17, 15) is 18.0 Å². The normalized spacial score (nSPS) is 21.5. The van der Waals surface area contributed by atoms with E-state index in [0.717, 1.165) is 12.5 Å². The van der Waals surface area contributed by atoms with Crippen molar-refractivity contribution in [3.8, 4) is 17.3 Å². The van der Waals surface area contributed by atoms with Gasteiger partial charge in [-0.1, -0.05) is 11.6 Å². The molecule has 7 nitrogen and oxygen atoms in total. The number of aryl methyl sites for hydroxylation is 1. The molecule has 3 unspecified atom stereocenters. The summed E-state index contributed by atoms with van der Waals surface area (Å²) in [4.78, 5) is 32.2. The maximum atomic E-state index is 13.7. The van der Waals surface area contributed by atoms with E-state index in [0.29, 0.717) is 42.7 Å². The molecule has 1 amide bonds. The summed E-state index contributed by atoms with van der Waals surface area (Å²) in [5.41, 5.74) is 0.466. The maximum absolute atomic E-state index is 13.7. The number of ether oxygens (including phenoxy) is 1. The molecule has 2 bridgehead atoms. The maximum Gasteiger partial charge on any atom is 0.435 e. The summed E-state index contributed by atoms with van der Waals surface area (Å²) in [7, 11) is 0. The van der Waals surface area contributed by atoms with Crippen molar-refractivity contribution in [1.29, 1.82) is 0 Å². The van der Waals surface area contributed by atoms with Gasteiger partial charge in [-0.25, -0.2) is 9.97 Å². The summed E-state index contributed by atoms with van der Waals surface area (Å²) < 4.78 is 44.9. The molecule has 11 heteroatoms. The minimum Gasteiger partial charge on any atom is -0.471 e. The summed E-state index contributed by atoms with van der Waals surface area (Å²) in [5, 5.41) is -0.223. The fourth-order valence-corrected chi connectivity index (χ4v) is 4.95. The average molecular weight is 503 g/mol. The lowest BCUT2D eigenvalue weighted by Gasteiger charge is -2.49. The highest BCUT2D eigenvalue weighted by atomic mass is 35.5. The highest BCUT2D eigenvalue weighted by Crippen LogP contribution is 2.40. The van der Waals surface area contributed by atoms with Crippen molar-refractivity contribution < 1.29 is 27.7 Å². The zero-order valence-electron chi connectivity index (χ0n) is 18.6. The number of pyridine rings is 2. The standard InChI is InChI=1S/C24H20ClF3N5O2/c1-13-3-5-16(21-29-7-2-8-30-21)20(32-13)23(34)33-12-14-4-6-18(33)19(9-14)35-22-17(25)10-15(11-31-22)24(26,27)28/h2-3,5,7,10-11,14,18-19H,4,6,9,12H2,1H3/q+1. The van der Waals surface area contributed by atoms with Crippen LogP contribution in [-0.4, -0.2) is 44.4 Å². The number of rotatable bonds is 4. The Balaban J connectivity index is 1.42. The molecule has 3 aromatic heterocycles. The Kier molecular flexibility index (Phi) is 5.97. The van der Waals surface area contributed by atoms with E-state index in [1.54, 1.807) is 36.2 Å². The van der Waals surface area contributed by atoms with Crippen LogP contribution in [0, 0.1) is 19.0 Å². The number of aromatic nitrogens is 4. The topological polar surface area (TPSA) is 82.3 Å². The van der Waals surface area contributed by atoms with Gasteiger partial charge in [-0.15, -0.1) is 4.98 Å². The molecule has 2 aliphatic heterocycles. The predicted molar refractivity (Wildman–Crippen MR) is 117 cm³/mol. The van der Waals surface area contributed by atoms with Crippen LogP contribution in [0.5, 0.6) is 5.88 Å². The van der Waals surface area contributed by atoms with E-state index < -0.39 is 17.8 Å². The van der Waals surface area contributed by atoms with Crippen LogP contribution in [0.4, 0.5) is 13.2 Å². The third-order valence-electron chi connectivity index (χ3n) is 6.37. The number of hydrogen-bond acceptors (Lipinski definition) is 5. The Hall–Kier alpha value is -3.45. The first kappa shape index (κ1) is 23.3. The van der Waals surface area contributed by atoms with E-state index in [4.69, 9.17) is 16.3 Å². The first-order valence-electron chi connectivity index (χ1n) is 11.1. The number of fused-ring (bicyclic) bond motifs is 3. The molecular weight excluding hydrogens is 483 g/mol. The van der Waals surface area contributed by atoms with Crippen molar-refractivity contribution in [1.82, 2.24) is 19.9 Å². The van der Waals surface area contributed by atoms with Crippen molar-refractivity contribution in [2.75, 3.05) is 6.54 Å². The van der Waals surface area contributed by atoms with Gasteiger partial charge in [0.2, 0.25) is 5.88 Å². The second-order valence-corrected chi connectivity index (χ2v) is 9.13. The summed E-state index contributed by atoms with van der Waals surface area (Å²) in [6.45, 7) is 2.33. The van der Waals surface area contributed by atoms with Crippen LogP contribution >= 0.6 is 11.6 Å². The van der Waals surface area contributed by atoms with E-state index in [1.165, 1.54) is 0 Å². The van der Waals surface area contributed by atoms with Gasteiger partial charge in [0.1, 0.15) is 22.4 Å². The van der Waals surface area contributed by atoms with E-state index in [-0.39, 0.29) is 34.5 Å². The number of amides is 1. The highest BCUT2D eigenvalue weighted by molar-refractivity contribution is 6.31. The molecule has 3 aromatic rings. The third-order valence-corrected chi connectivity index (χ3v) is 6.64. The van der Waals surface area contributed by atoms with Crippen molar-refractivity contribution >= 4 is 17.5 Å². The lowest BCUT2D eigenvalue weighted by molar-refractivity contribution is -0.284. The smallest absolute Gasteiger partial charge is 0.435 e. The zero-order chi connectivity index (χ0) is 24.7. The van der Waals surface area contributed by atoms with Gasteiger partial charge >= 0.3 is 12.0 Å². The molecule has 6 rings (SSSR count). The van der Waals surface area contributed by atoms with Crippen LogP contribution in [0.25, 0.3) is 11.4 Å². The molecule has 180 valence electrons. The summed E-state index contributed by atoms with van der Waals surface area (Å²) in [6, 6.07) is 5.62. The fourth-order valence-electron chi connectivity index (χ4n) is 4.74. The van der Waals surface area contributed by atoms with Gasteiger partial charge in [0.05, 0.1) is 17.7 Å². The lowest BCUT2D eigenvalue weighted by atomic mass is 9.77. The molecule has 3 aliphatic rings. The Bertz CT molecular complexity index is 1260. The van der Waals surface area contributed by atoms with Crippen LogP contribution < -0.4 is 9.72 Å². The summed E-state index contributed by atoms with van der Waals surface area (Å²) in [6.07, 6.45) is 2.22. The number of carbonyl (C=O) groups is 1. The summed E-state index contributed by atoms with van der Waals surface area (Å²) in [5.74, 6) is 0.175. The molecule has 0 aromatic carbocycles. The largest absolute Gasteiger partial charge is 0.471 e. The van der Waals surface area contributed by atoms with Crippen molar-refractivity contribution in [3.05, 3.63) is 64.8 Å². The van der Waals surface area contributed by atoms with E-state index in [1.807, 2.05) is 0 Å². The molecule has 1 aliphatic carbocycles. The number of halogens is 4. The third kappa shape index (κ3) is 4.60.